The van der Waals surface area contributed by atoms with Crippen molar-refractivity contribution in [3.05, 3.63) is 59.2 Å². The lowest BCUT2D eigenvalue weighted by Crippen LogP contribution is -2.43. The maximum Gasteiger partial charge on any atom is 0.229 e. The standard InChI is InChI=1S/C24H34N2O5S/c1-17(27)12-18-8-7-9-19(13-18)15-24(2,3)25-16-23(31-5)20-10-11-22(30-4)21(14-20)26-32(6,28)29/h7-11,13-14,23,25-26H,12,15-16H2,1-6H3. The summed E-state index contributed by atoms with van der Waals surface area (Å²) in [5, 5.41) is 3.55. The van der Waals surface area contributed by atoms with Crippen molar-refractivity contribution < 1.29 is 22.7 Å². The third kappa shape index (κ3) is 8.26. The summed E-state index contributed by atoms with van der Waals surface area (Å²) in [6, 6.07) is 13.4. The number of ketones is 1. The molecular formula is C24H34N2O5S. The van der Waals surface area contributed by atoms with Gasteiger partial charge in [0, 0.05) is 25.6 Å². The van der Waals surface area contributed by atoms with Crippen molar-refractivity contribution in [3.63, 3.8) is 0 Å². The summed E-state index contributed by atoms with van der Waals surface area (Å²) in [4.78, 5) is 11.4. The zero-order valence-electron chi connectivity index (χ0n) is 19.7. The molecule has 0 saturated heterocycles. The number of ether oxygens (including phenoxy) is 2. The summed E-state index contributed by atoms with van der Waals surface area (Å²) >= 11 is 0. The summed E-state index contributed by atoms with van der Waals surface area (Å²) in [6.45, 7) is 6.35. The van der Waals surface area contributed by atoms with Crippen LogP contribution in [-0.4, -0.2) is 46.8 Å². The highest BCUT2D eigenvalue weighted by atomic mass is 32.2. The average molecular weight is 463 g/mol. The molecule has 0 aliphatic rings. The second kappa shape index (κ2) is 10.9. The molecule has 0 fully saturated rings. The van der Waals surface area contributed by atoms with Gasteiger partial charge in [-0.15, -0.1) is 0 Å². The van der Waals surface area contributed by atoms with E-state index in [9.17, 15) is 13.2 Å². The zero-order valence-corrected chi connectivity index (χ0v) is 20.5. The maximum absolute atomic E-state index is 11.7. The lowest BCUT2D eigenvalue weighted by molar-refractivity contribution is -0.116. The van der Waals surface area contributed by atoms with Gasteiger partial charge in [0.15, 0.2) is 0 Å². The Morgan fingerprint density at radius 2 is 1.78 bits per heavy atom. The number of hydrogen-bond donors (Lipinski definition) is 2. The predicted octanol–water partition coefficient (Wildman–Crippen LogP) is 3.50. The fraction of sp³-hybridized carbons (Fsp3) is 0.458. The van der Waals surface area contributed by atoms with Gasteiger partial charge >= 0.3 is 0 Å². The van der Waals surface area contributed by atoms with Gasteiger partial charge in [-0.25, -0.2) is 8.42 Å². The molecule has 2 N–H and O–H groups in total. The van der Waals surface area contributed by atoms with Crippen LogP contribution in [0.25, 0.3) is 0 Å². The molecule has 2 aromatic carbocycles. The van der Waals surface area contributed by atoms with Crippen LogP contribution in [0.2, 0.25) is 0 Å². The SMILES string of the molecule is COc1ccc(C(CNC(C)(C)Cc2cccc(CC(C)=O)c2)OC)cc1NS(C)(=O)=O. The average Bonchev–Trinajstić information content (AvgIpc) is 2.66. The summed E-state index contributed by atoms with van der Waals surface area (Å²) in [6.07, 6.45) is 2.03. The number of sulfonamides is 1. The molecule has 2 rings (SSSR count). The van der Waals surface area contributed by atoms with Gasteiger partial charge in [-0.3, -0.25) is 9.52 Å². The molecule has 0 saturated carbocycles. The highest BCUT2D eigenvalue weighted by molar-refractivity contribution is 7.92. The van der Waals surface area contributed by atoms with Crippen molar-refractivity contribution in [1.82, 2.24) is 5.32 Å². The molecule has 1 atom stereocenters. The normalized spacial score (nSPS) is 12.9. The molecule has 32 heavy (non-hydrogen) atoms. The lowest BCUT2D eigenvalue weighted by atomic mass is 9.93. The number of carbonyl (C=O) groups is 1. The molecule has 0 amide bonds. The van der Waals surface area contributed by atoms with E-state index in [0.29, 0.717) is 24.4 Å². The Bertz CT molecular complexity index is 1030. The number of hydrogen-bond acceptors (Lipinski definition) is 6. The van der Waals surface area contributed by atoms with Crippen LogP contribution < -0.4 is 14.8 Å². The largest absolute Gasteiger partial charge is 0.495 e. The van der Waals surface area contributed by atoms with Gasteiger partial charge < -0.3 is 14.8 Å². The van der Waals surface area contributed by atoms with Crippen molar-refractivity contribution in [2.24, 2.45) is 0 Å². The highest BCUT2D eigenvalue weighted by Crippen LogP contribution is 2.30. The van der Waals surface area contributed by atoms with Crippen molar-refractivity contribution >= 4 is 21.5 Å². The van der Waals surface area contributed by atoms with E-state index >= 15 is 0 Å². The maximum atomic E-state index is 11.7. The zero-order chi connectivity index (χ0) is 23.9. The van der Waals surface area contributed by atoms with Crippen LogP contribution in [0, 0.1) is 0 Å². The lowest BCUT2D eigenvalue weighted by Gasteiger charge is -2.29. The second-order valence-corrected chi connectivity index (χ2v) is 10.4. The molecule has 0 aliphatic carbocycles. The molecule has 176 valence electrons. The second-order valence-electron chi connectivity index (χ2n) is 8.70. The van der Waals surface area contributed by atoms with Crippen molar-refractivity contribution in [2.75, 3.05) is 31.7 Å². The number of benzene rings is 2. The van der Waals surface area contributed by atoms with E-state index in [1.54, 1.807) is 26.2 Å². The van der Waals surface area contributed by atoms with E-state index in [4.69, 9.17) is 9.47 Å². The van der Waals surface area contributed by atoms with Gasteiger partial charge in [0.2, 0.25) is 10.0 Å². The number of rotatable bonds is 12. The van der Waals surface area contributed by atoms with Crippen LogP contribution >= 0.6 is 0 Å². The van der Waals surface area contributed by atoms with Gasteiger partial charge in [-0.1, -0.05) is 30.3 Å². The van der Waals surface area contributed by atoms with Crippen LogP contribution in [0.1, 0.15) is 43.6 Å². The predicted molar refractivity (Wildman–Crippen MR) is 128 cm³/mol. The molecular weight excluding hydrogens is 428 g/mol. The summed E-state index contributed by atoms with van der Waals surface area (Å²) in [5.41, 5.74) is 3.14. The van der Waals surface area contributed by atoms with E-state index in [2.05, 4.69) is 36.0 Å². The molecule has 2 aromatic rings. The van der Waals surface area contributed by atoms with E-state index in [-0.39, 0.29) is 17.4 Å². The molecule has 0 spiro atoms. The van der Waals surface area contributed by atoms with E-state index in [1.807, 2.05) is 18.2 Å². The van der Waals surface area contributed by atoms with Gasteiger partial charge in [-0.05, 0) is 56.0 Å². The number of nitrogens with one attached hydrogen (secondary N) is 2. The smallest absolute Gasteiger partial charge is 0.229 e. The Morgan fingerprint density at radius 3 is 2.38 bits per heavy atom. The Morgan fingerprint density at radius 1 is 1.09 bits per heavy atom. The van der Waals surface area contributed by atoms with E-state index in [0.717, 1.165) is 29.4 Å². The monoisotopic (exact) mass is 462 g/mol. The molecule has 0 aromatic heterocycles. The minimum absolute atomic E-state index is 0.145. The summed E-state index contributed by atoms with van der Waals surface area (Å²) in [7, 11) is -0.333. The van der Waals surface area contributed by atoms with Crippen LogP contribution in [0.3, 0.4) is 0 Å². The molecule has 0 aliphatic heterocycles. The topological polar surface area (TPSA) is 93.7 Å². The minimum Gasteiger partial charge on any atom is -0.495 e. The Balaban J connectivity index is 2.12. The van der Waals surface area contributed by atoms with Gasteiger partial charge in [0.1, 0.15) is 11.5 Å². The number of anilines is 1. The summed E-state index contributed by atoms with van der Waals surface area (Å²) in [5.74, 6) is 0.583. The molecule has 7 nitrogen and oxygen atoms in total. The van der Waals surface area contributed by atoms with Gasteiger partial charge in [0.05, 0.1) is 25.2 Å². The summed E-state index contributed by atoms with van der Waals surface area (Å²) < 4.78 is 36.9. The fourth-order valence-corrected chi connectivity index (χ4v) is 4.18. The minimum atomic E-state index is -3.45. The first-order valence-corrected chi connectivity index (χ1v) is 12.3. The van der Waals surface area contributed by atoms with E-state index in [1.165, 1.54) is 7.11 Å². The number of Topliss-reactive ketones (excluding diaryl/α,β-unsaturated/α-hetero) is 1. The Hall–Kier alpha value is -2.42. The molecule has 0 bridgehead atoms. The first-order chi connectivity index (χ1) is 14.9. The molecule has 8 heteroatoms. The van der Waals surface area contributed by atoms with Gasteiger partial charge in [0.25, 0.3) is 0 Å². The Labute approximate surface area is 191 Å². The fourth-order valence-electron chi connectivity index (χ4n) is 3.62. The third-order valence-corrected chi connectivity index (χ3v) is 5.62. The first-order valence-electron chi connectivity index (χ1n) is 10.4. The van der Waals surface area contributed by atoms with Crippen molar-refractivity contribution in [1.29, 1.82) is 0 Å². The first kappa shape index (κ1) is 25.8. The van der Waals surface area contributed by atoms with Crippen molar-refractivity contribution in [3.8, 4) is 5.75 Å². The number of carbonyl (C=O) groups excluding carboxylic acids is 1. The Kier molecular flexibility index (Phi) is 8.83. The molecule has 0 radical (unpaired) electrons. The van der Waals surface area contributed by atoms with Crippen LogP contribution in [-0.2, 0) is 32.4 Å². The highest BCUT2D eigenvalue weighted by Gasteiger charge is 2.22. The third-order valence-electron chi connectivity index (χ3n) is 5.03. The van der Waals surface area contributed by atoms with Crippen molar-refractivity contribution in [2.45, 2.75) is 45.3 Å². The quantitative estimate of drug-likeness (QED) is 0.501. The van der Waals surface area contributed by atoms with Crippen LogP contribution in [0.5, 0.6) is 5.75 Å². The van der Waals surface area contributed by atoms with E-state index < -0.39 is 10.0 Å². The molecule has 0 heterocycles. The van der Waals surface area contributed by atoms with Crippen LogP contribution in [0.15, 0.2) is 42.5 Å². The molecule has 1 unspecified atom stereocenters. The van der Waals surface area contributed by atoms with Gasteiger partial charge in [-0.2, -0.15) is 0 Å². The number of methoxy groups -OCH3 is 2. The van der Waals surface area contributed by atoms with Crippen LogP contribution in [0.4, 0.5) is 5.69 Å².